The predicted octanol–water partition coefficient (Wildman–Crippen LogP) is 7.29. The Morgan fingerprint density at radius 2 is 1.50 bits per heavy atom. The van der Waals surface area contributed by atoms with Crippen LogP contribution in [0, 0.1) is 43.4 Å². The van der Waals surface area contributed by atoms with Gasteiger partial charge in [0, 0.05) is 17.5 Å². The maximum absolute atomic E-state index is 14.2. The van der Waals surface area contributed by atoms with Crippen LogP contribution in [0.4, 0.5) is 0 Å². The van der Waals surface area contributed by atoms with Crippen LogP contribution in [0.2, 0.25) is 0 Å². The number of methoxy groups -OCH3 is 1. The van der Waals surface area contributed by atoms with Crippen LogP contribution in [0.5, 0.6) is 0 Å². The first-order valence-electron chi connectivity index (χ1n) is 17.4. The molecule has 1 aliphatic carbocycles. The van der Waals surface area contributed by atoms with Gasteiger partial charge in [-0.15, -0.1) is 22.8 Å². The van der Waals surface area contributed by atoms with E-state index in [1.54, 1.807) is 6.92 Å². The van der Waals surface area contributed by atoms with Crippen molar-refractivity contribution < 1.29 is 28.7 Å². The van der Waals surface area contributed by atoms with E-state index < -0.39 is 11.9 Å². The Labute approximate surface area is 310 Å². The van der Waals surface area contributed by atoms with E-state index >= 15 is 0 Å². The van der Waals surface area contributed by atoms with Crippen LogP contribution in [0.15, 0.2) is 22.8 Å². The molecule has 0 N–H and O–H groups in total. The minimum absolute atomic E-state index is 0. The number of ketones is 2. The second-order valence-electron chi connectivity index (χ2n) is 13.6. The van der Waals surface area contributed by atoms with Gasteiger partial charge in [-0.3, -0.25) is 19.2 Å². The smallest absolute Gasteiger partial charge is 0.664 e. The fraction of sp³-hybridized carbons (Fsp3) is 0.487. The van der Waals surface area contributed by atoms with Crippen LogP contribution < -0.4 is 9.97 Å². The van der Waals surface area contributed by atoms with Gasteiger partial charge in [-0.1, -0.05) is 75.5 Å². The summed E-state index contributed by atoms with van der Waals surface area (Å²) in [4.78, 5) is 63.3. The van der Waals surface area contributed by atoms with Crippen molar-refractivity contribution >= 4 is 70.4 Å². The van der Waals surface area contributed by atoms with E-state index in [0.717, 1.165) is 36.2 Å². The fourth-order valence-corrected chi connectivity index (χ4v) is 7.84. The molecule has 0 unspecified atom stereocenters. The Morgan fingerprint density at radius 3 is 2.16 bits per heavy atom. The number of rotatable bonds is 9. The van der Waals surface area contributed by atoms with Crippen LogP contribution in [-0.2, 0) is 19.1 Å². The second-order valence-corrected chi connectivity index (χ2v) is 13.6. The molecule has 260 valence electrons. The van der Waals surface area contributed by atoms with Gasteiger partial charge in [-0.05, 0) is 57.3 Å². The zero-order valence-electron chi connectivity index (χ0n) is 30.3. The van der Waals surface area contributed by atoms with Gasteiger partial charge in [-0.25, -0.2) is 0 Å². The summed E-state index contributed by atoms with van der Waals surface area (Å²) in [7, 11) is 1.27. The maximum Gasteiger partial charge on any atom is 2.00 e. The first kappa shape index (κ1) is 37.4. The Bertz CT molecular complexity index is 1870. The van der Waals surface area contributed by atoms with Crippen LogP contribution in [0.3, 0.4) is 0 Å². The molecule has 0 amide bonds. The van der Waals surface area contributed by atoms with Crippen LogP contribution in [0.25, 0.3) is 34.4 Å². The SMILES string of the molecule is CCCCOC(=O)CC[C@@H]1/C2=C3/c4[n-]c(c(C)c4C(=O)[C@@H]3C(=O)OC)/C=C3\[N-]/C(=C\c4[n-]c(c(C)c4C(C)=O)/C=C(\[N-]2)[C@H]1C)[C@H](C)[C@H]3CC.[Mg+2]. The molecule has 2 aromatic rings. The molecule has 0 spiro atoms. The first-order valence-corrected chi connectivity index (χ1v) is 17.4. The molecule has 4 aliphatic rings. The van der Waals surface area contributed by atoms with E-state index in [9.17, 15) is 19.2 Å². The van der Waals surface area contributed by atoms with E-state index in [1.165, 1.54) is 7.11 Å². The number of ether oxygens (including phenoxy) is 2. The minimum atomic E-state index is -1.23. The van der Waals surface area contributed by atoms with E-state index in [1.807, 2.05) is 45.9 Å². The van der Waals surface area contributed by atoms with Gasteiger partial charge in [0.2, 0.25) is 0 Å². The maximum atomic E-state index is 14.2. The zero-order valence-corrected chi connectivity index (χ0v) is 31.7. The van der Waals surface area contributed by atoms with E-state index in [4.69, 9.17) is 30.1 Å². The molecule has 5 atom stereocenters. The number of unbranched alkanes of at least 4 members (excludes halogenated alkanes) is 1. The largest absolute Gasteiger partial charge is 2.00 e. The summed E-state index contributed by atoms with van der Waals surface area (Å²) in [5, 5.41) is 10.2. The molecular formula is C39H44MgN4O6-2. The number of hydrogen-bond donors (Lipinski definition) is 0. The quantitative estimate of drug-likeness (QED) is 0.0879. The molecule has 50 heavy (non-hydrogen) atoms. The average molecular weight is 689 g/mol. The molecule has 11 heteroatoms. The van der Waals surface area contributed by atoms with E-state index in [0.29, 0.717) is 69.5 Å². The molecule has 0 radical (unpaired) electrons. The van der Waals surface area contributed by atoms with E-state index in [-0.39, 0.29) is 70.7 Å². The van der Waals surface area contributed by atoms with Crippen LogP contribution in [-0.4, -0.2) is 60.3 Å². The molecule has 10 nitrogen and oxygen atoms in total. The van der Waals surface area contributed by atoms with Crippen molar-refractivity contribution in [1.29, 1.82) is 0 Å². The molecule has 0 saturated carbocycles. The topological polar surface area (TPSA) is 143 Å². The Kier molecular flexibility index (Phi) is 11.1. The number of allylic oxidation sites excluding steroid dienone is 4. The molecule has 2 fully saturated rings. The van der Waals surface area contributed by atoms with Crippen molar-refractivity contribution in [3.8, 4) is 0 Å². The number of aromatic nitrogens is 2. The van der Waals surface area contributed by atoms with E-state index in [2.05, 4.69) is 13.8 Å². The van der Waals surface area contributed by atoms with Crippen molar-refractivity contribution in [3.05, 3.63) is 78.5 Å². The Hall–Kier alpha value is -3.83. The standard InChI is InChI=1S/C39H46N4O6.Mg/c1-9-11-14-49-31(45)13-12-24-19(4)26-15-27-20(5)32(22(7)44)30(41-27)17-25-18(3)23(10-2)29(40-25)16-28-21(6)33-37(43-28)34(36(24)42-26)35(38(33)46)39(47)48-8;/h15-19,23-24,35H,9-14H2,1-8H3,(H2-2,40,41,42,43,44,46);/q-2;+2/p-2/b26-15-,29-16-;/t18-,19+,23-,24+,35-;/m1./s1. The molecule has 5 heterocycles. The molecule has 6 rings (SSSR count). The first-order chi connectivity index (χ1) is 23.4. The van der Waals surface area contributed by atoms with Gasteiger partial charge in [0.05, 0.1) is 13.7 Å². The third kappa shape index (κ3) is 6.31. The van der Waals surface area contributed by atoms with Crippen molar-refractivity contribution in [2.24, 2.45) is 29.6 Å². The monoisotopic (exact) mass is 688 g/mol. The van der Waals surface area contributed by atoms with Crippen molar-refractivity contribution in [2.75, 3.05) is 13.7 Å². The summed E-state index contributed by atoms with van der Waals surface area (Å²) in [6, 6.07) is 0. The number of nitrogens with zero attached hydrogens (tertiary/aromatic N) is 4. The molecule has 8 bridgehead atoms. The third-order valence-electron chi connectivity index (χ3n) is 10.7. The number of Topliss-reactive ketones (excluding diaryl/α,β-unsaturated/α-hetero) is 2. The van der Waals surface area contributed by atoms with Crippen molar-refractivity contribution in [3.63, 3.8) is 0 Å². The summed E-state index contributed by atoms with van der Waals surface area (Å²) >= 11 is 0. The van der Waals surface area contributed by atoms with Gasteiger partial charge < -0.3 is 30.1 Å². The fourth-order valence-electron chi connectivity index (χ4n) is 7.84. The molecule has 0 aromatic carbocycles. The summed E-state index contributed by atoms with van der Waals surface area (Å²) in [5.74, 6) is -3.06. The average Bonchev–Trinajstić information content (AvgIpc) is 3.80. The van der Waals surface area contributed by atoms with Crippen LogP contribution in [0.1, 0.15) is 121 Å². The summed E-state index contributed by atoms with van der Waals surface area (Å²) in [6.45, 7) is 13.9. The number of fused-ring (bicyclic) bond motifs is 7. The van der Waals surface area contributed by atoms with Crippen molar-refractivity contribution in [1.82, 2.24) is 9.97 Å². The van der Waals surface area contributed by atoms with Gasteiger partial charge in [0.15, 0.2) is 11.6 Å². The van der Waals surface area contributed by atoms with Crippen LogP contribution >= 0.6 is 0 Å². The summed E-state index contributed by atoms with van der Waals surface area (Å²) in [5.41, 5.74) is 7.89. The molecule has 2 aromatic heterocycles. The Morgan fingerprint density at radius 1 is 0.860 bits per heavy atom. The number of hydrogen-bond acceptors (Lipinski definition) is 6. The third-order valence-corrected chi connectivity index (χ3v) is 10.7. The van der Waals surface area contributed by atoms with Gasteiger partial charge >= 0.3 is 35.0 Å². The number of esters is 2. The van der Waals surface area contributed by atoms with Gasteiger partial charge in [0.25, 0.3) is 0 Å². The van der Waals surface area contributed by atoms with Gasteiger partial charge in [0.1, 0.15) is 5.92 Å². The molecule has 3 aliphatic heterocycles. The normalized spacial score (nSPS) is 28.0. The number of carbonyl (C=O) groups excluding carboxylic acids is 4. The van der Waals surface area contributed by atoms with Gasteiger partial charge in [-0.2, -0.15) is 22.8 Å². The molecule has 2 saturated heterocycles. The summed E-state index contributed by atoms with van der Waals surface area (Å²) in [6.07, 6.45) is 8.81. The zero-order chi connectivity index (χ0) is 35.3. The predicted molar refractivity (Wildman–Crippen MR) is 193 cm³/mol. The number of carbonyl (C=O) groups is 4. The second kappa shape index (κ2) is 14.8. The molecular weight excluding hydrogens is 645 g/mol. The minimum Gasteiger partial charge on any atom is -0.664 e. The Balaban J connectivity index is 0.00000486. The summed E-state index contributed by atoms with van der Waals surface area (Å²) < 4.78 is 10.7. The van der Waals surface area contributed by atoms with Crippen molar-refractivity contribution in [2.45, 2.75) is 80.6 Å².